The topological polar surface area (TPSA) is 89.0 Å². The van der Waals surface area contributed by atoms with Gasteiger partial charge < -0.3 is 15.0 Å². The van der Waals surface area contributed by atoms with Crippen LogP contribution >= 0.6 is 11.6 Å². The molecule has 1 aromatic carbocycles. The Morgan fingerprint density at radius 3 is 2.87 bits per heavy atom. The number of methoxy groups -OCH3 is 1. The number of ether oxygens (including phenoxy) is 1. The lowest BCUT2D eigenvalue weighted by atomic mass is 10.0. The van der Waals surface area contributed by atoms with Gasteiger partial charge in [0.2, 0.25) is 5.91 Å². The molecular formula is C23H27ClN4O3. The van der Waals surface area contributed by atoms with E-state index in [1.165, 1.54) is 13.2 Å². The van der Waals surface area contributed by atoms with Crippen LogP contribution in [0.3, 0.4) is 0 Å². The number of para-hydroxylation sites is 1. The first-order chi connectivity index (χ1) is 14.9. The molecule has 0 saturated carbocycles. The fourth-order valence-electron chi connectivity index (χ4n) is 3.45. The van der Waals surface area contributed by atoms with Crippen LogP contribution in [-0.4, -0.2) is 39.8 Å². The maximum atomic E-state index is 12.6. The second-order valence-electron chi connectivity index (χ2n) is 7.35. The Morgan fingerprint density at radius 1 is 1.35 bits per heavy atom. The molecule has 0 bridgehead atoms. The number of hydrogen-bond acceptors (Lipinski definition) is 4. The highest BCUT2D eigenvalue weighted by Crippen LogP contribution is 2.22. The average molecular weight is 443 g/mol. The lowest BCUT2D eigenvalue weighted by Gasteiger charge is -2.15. The molecule has 8 heteroatoms. The summed E-state index contributed by atoms with van der Waals surface area (Å²) in [5.74, 6) is -0.916. The van der Waals surface area contributed by atoms with Crippen LogP contribution in [0.1, 0.15) is 36.6 Å². The number of aromatic nitrogens is 3. The number of H-pyrrole nitrogens is 1. The van der Waals surface area contributed by atoms with Crippen molar-refractivity contribution >= 4 is 40.5 Å². The molecule has 2 N–H and O–H groups in total. The molecule has 3 rings (SSSR count). The van der Waals surface area contributed by atoms with Crippen LogP contribution in [0.25, 0.3) is 17.0 Å². The zero-order chi connectivity index (χ0) is 22.4. The van der Waals surface area contributed by atoms with Gasteiger partial charge in [-0.15, -0.1) is 0 Å². The summed E-state index contributed by atoms with van der Waals surface area (Å²) in [6, 6.07) is 6.98. The predicted molar refractivity (Wildman–Crippen MR) is 122 cm³/mol. The van der Waals surface area contributed by atoms with Gasteiger partial charge in [0, 0.05) is 41.7 Å². The lowest BCUT2D eigenvalue weighted by molar-refractivity contribution is -0.144. The van der Waals surface area contributed by atoms with Crippen LogP contribution in [0.2, 0.25) is 5.15 Å². The first-order valence-corrected chi connectivity index (χ1v) is 10.7. The fourth-order valence-corrected chi connectivity index (χ4v) is 3.77. The molecule has 164 valence electrons. The van der Waals surface area contributed by atoms with Crippen LogP contribution in [0, 0.1) is 6.92 Å². The number of rotatable bonds is 9. The fraction of sp³-hybridized carbons (Fsp3) is 0.348. The second kappa shape index (κ2) is 10.3. The van der Waals surface area contributed by atoms with Gasteiger partial charge in [0.25, 0.3) is 0 Å². The van der Waals surface area contributed by atoms with Crippen LogP contribution < -0.4 is 5.32 Å². The van der Waals surface area contributed by atoms with Crippen LogP contribution in [0.15, 0.2) is 36.5 Å². The third-order valence-corrected chi connectivity index (χ3v) is 5.53. The molecule has 2 aromatic heterocycles. The van der Waals surface area contributed by atoms with E-state index >= 15 is 0 Å². The van der Waals surface area contributed by atoms with Gasteiger partial charge in [-0.25, -0.2) is 4.79 Å². The zero-order valence-electron chi connectivity index (χ0n) is 17.9. The van der Waals surface area contributed by atoms with Crippen molar-refractivity contribution in [2.45, 2.75) is 45.7 Å². The number of esters is 1. The van der Waals surface area contributed by atoms with E-state index in [0.717, 1.165) is 41.5 Å². The Kier molecular flexibility index (Phi) is 7.52. The van der Waals surface area contributed by atoms with Crippen LogP contribution in [0.4, 0.5) is 0 Å². The highest BCUT2D eigenvalue weighted by molar-refractivity contribution is 6.31. The number of amides is 1. The number of benzene rings is 1. The van der Waals surface area contributed by atoms with Crippen molar-refractivity contribution < 1.29 is 14.3 Å². The Balaban J connectivity index is 1.73. The molecule has 0 unspecified atom stereocenters. The summed E-state index contributed by atoms with van der Waals surface area (Å²) in [5.41, 5.74) is 3.33. The monoisotopic (exact) mass is 442 g/mol. The van der Waals surface area contributed by atoms with E-state index in [4.69, 9.17) is 16.3 Å². The first-order valence-electron chi connectivity index (χ1n) is 10.3. The van der Waals surface area contributed by atoms with Crippen molar-refractivity contribution in [1.29, 1.82) is 0 Å². The molecule has 0 fully saturated rings. The standard InChI is InChI=1S/C23H27ClN4O3/c1-4-5-12-28-22(24)17(15(2)27-28)10-11-21(29)26-20(23(30)31-3)13-16-14-25-19-9-7-6-8-18(16)19/h6-11,14,20,25H,4-5,12-13H2,1-3H3,(H,26,29)/b11-10+/t20-/m1/s1. The summed E-state index contributed by atoms with van der Waals surface area (Å²) in [6.45, 7) is 4.68. The van der Waals surface area contributed by atoms with Gasteiger partial charge in [0.05, 0.1) is 12.8 Å². The number of nitrogens with zero attached hydrogens (tertiary/aromatic N) is 2. The van der Waals surface area contributed by atoms with Gasteiger partial charge in [0.15, 0.2) is 0 Å². The summed E-state index contributed by atoms with van der Waals surface area (Å²) in [6.07, 6.45) is 7.16. The number of fused-ring (bicyclic) bond motifs is 1. The molecule has 0 aliphatic heterocycles. The molecule has 0 aliphatic carbocycles. The summed E-state index contributed by atoms with van der Waals surface area (Å²) in [5, 5.41) is 8.67. The van der Waals surface area contributed by atoms with Crippen molar-refractivity contribution in [3.05, 3.63) is 58.5 Å². The molecule has 0 aliphatic rings. The average Bonchev–Trinajstić information content (AvgIpc) is 3.30. The number of hydrogen-bond donors (Lipinski definition) is 2. The summed E-state index contributed by atoms with van der Waals surface area (Å²) in [4.78, 5) is 28.0. The van der Waals surface area contributed by atoms with E-state index in [2.05, 4.69) is 22.3 Å². The second-order valence-corrected chi connectivity index (χ2v) is 7.71. The first kappa shape index (κ1) is 22.6. The summed E-state index contributed by atoms with van der Waals surface area (Å²) in [7, 11) is 1.31. The molecule has 0 spiro atoms. The van der Waals surface area contributed by atoms with Crippen LogP contribution in [-0.2, 0) is 27.3 Å². The number of carbonyl (C=O) groups excluding carboxylic acids is 2. The van der Waals surface area contributed by atoms with Gasteiger partial charge in [-0.1, -0.05) is 43.1 Å². The highest BCUT2D eigenvalue weighted by atomic mass is 35.5. The third kappa shape index (κ3) is 5.35. The van der Waals surface area contributed by atoms with E-state index < -0.39 is 17.9 Å². The summed E-state index contributed by atoms with van der Waals surface area (Å²) >= 11 is 6.42. The minimum Gasteiger partial charge on any atom is -0.467 e. The largest absolute Gasteiger partial charge is 0.467 e. The van der Waals surface area contributed by atoms with Gasteiger partial charge >= 0.3 is 5.97 Å². The molecular weight excluding hydrogens is 416 g/mol. The van der Waals surface area contributed by atoms with E-state index in [1.807, 2.05) is 37.4 Å². The zero-order valence-corrected chi connectivity index (χ0v) is 18.7. The van der Waals surface area contributed by atoms with Gasteiger partial charge in [-0.2, -0.15) is 5.10 Å². The van der Waals surface area contributed by atoms with E-state index in [0.29, 0.717) is 17.1 Å². The van der Waals surface area contributed by atoms with Crippen molar-refractivity contribution in [2.75, 3.05) is 7.11 Å². The van der Waals surface area contributed by atoms with Gasteiger partial charge in [0.1, 0.15) is 11.2 Å². The van der Waals surface area contributed by atoms with E-state index in [-0.39, 0.29) is 0 Å². The molecule has 2 heterocycles. The molecule has 7 nitrogen and oxygen atoms in total. The van der Waals surface area contributed by atoms with Gasteiger partial charge in [-0.05, 0) is 31.1 Å². The van der Waals surface area contributed by atoms with Gasteiger partial charge in [-0.3, -0.25) is 9.48 Å². The third-order valence-electron chi connectivity index (χ3n) is 5.14. The Labute approximate surface area is 186 Å². The molecule has 1 atom stereocenters. The number of carbonyl (C=O) groups is 2. The molecule has 3 aromatic rings. The molecule has 1 amide bonds. The SMILES string of the molecule is CCCCn1nc(C)c(/C=C/C(=O)N[C@H](Cc2c[nH]c3ccccc23)C(=O)OC)c1Cl. The van der Waals surface area contributed by atoms with Crippen molar-refractivity contribution in [1.82, 2.24) is 20.1 Å². The van der Waals surface area contributed by atoms with E-state index in [1.54, 1.807) is 10.8 Å². The Bertz CT molecular complexity index is 1100. The summed E-state index contributed by atoms with van der Waals surface area (Å²) < 4.78 is 6.64. The molecule has 0 radical (unpaired) electrons. The maximum absolute atomic E-state index is 12.6. The van der Waals surface area contributed by atoms with Crippen LogP contribution in [0.5, 0.6) is 0 Å². The number of halogens is 1. The minimum absolute atomic E-state index is 0.311. The lowest BCUT2D eigenvalue weighted by Crippen LogP contribution is -2.42. The number of aromatic amines is 1. The molecule has 31 heavy (non-hydrogen) atoms. The number of nitrogens with one attached hydrogen (secondary N) is 2. The normalized spacial score (nSPS) is 12.4. The Hall–Kier alpha value is -3.06. The molecule has 0 saturated heterocycles. The van der Waals surface area contributed by atoms with Crippen molar-refractivity contribution in [3.8, 4) is 0 Å². The van der Waals surface area contributed by atoms with E-state index in [9.17, 15) is 9.59 Å². The Morgan fingerprint density at radius 2 is 2.13 bits per heavy atom. The smallest absolute Gasteiger partial charge is 0.328 e. The highest BCUT2D eigenvalue weighted by Gasteiger charge is 2.22. The maximum Gasteiger partial charge on any atom is 0.328 e. The number of unbranched alkanes of at least 4 members (excludes halogenated alkanes) is 1. The quantitative estimate of drug-likeness (QED) is 0.386. The number of aryl methyl sites for hydroxylation is 2. The van der Waals surface area contributed by atoms with Crippen molar-refractivity contribution in [2.24, 2.45) is 0 Å². The van der Waals surface area contributed by atoms with Crippen molar-refractivity contribution in [3.63, 3.8) is 0 Å². The minimum atomic E-state index is -0.815. The predicted octanol–water partition coefficient (Wildman–Crippen LogP) is 4.04.